The Morgan fingerprint density at radius 3 is 1.26 bits per heavy atom. The van der Waals surface area contributed by atoms with Gasteiger partial charge < -0.3 is 24.6 Å². The molecule has 0 unspecified atom stereocenters. The Morgan fingerprint density at radius 1 is 0.337 bits per heavy atom. The predicted molar refractivity (Wildman–Crippen MR) is 354 cm³/mol. The third-order valence-electron chi connectivity index (χ3n) is 16.9. The zero-order valence-electron chi connectivity index (χ0n) is 49.2. The maximum absolute atomic E-state index is 4.86. The molecule has 0 aliphatic carbocycles. The van der Waals surface area contributed by atoms with Crippen molar-refractivity contribution >= 4 is 22.7 Å². The first-order valence-corrected chi connectivity index (χ1v) is 29.5. The van der Waals surface area contributed by atoms with Crippen molar-refractivity contribution in [3.8, 4) is 66.9 Å². The molecule has 86 heavy (non-hydrogen) atoms. The molecule has 0 bridgehead atoms. The van der Waals surface area contributed by atoms with Gasteiger partial charge in [-0.3, -0.25) is 0 Å². The van der Waals surface area contributed by atoms with Crippen LogP contribution in [-0.2, 0) is 45.8 Å². The van der Waals surface area contributed by atoms with Crippen LogP contribution >= 0.6 is 0 Å². The molecule has 10 aromatic carbocycles. The Balaban J connectivity index is 0.00000724. The predicted octanol–water partition coefficient (Wildman–Crippen LogP) is 19.8. The first kappa shape index (κ1) is 57.1. The van der Waals surface area contributed by atoms with Crippen LogP contribution in [-0.4, -0.2) is 4.98 Å². The summed E-state index contributed by atoms with van der Waals surface area (Å²) in [5.74, 6) is 0. The first-order chi connectivity index (χ1) is 41.7. The SMILES string of the molecule is CC1=C(C)N(c2ccccc2)[CH-]N1c1[c-]cc(CCc2cc(CCc3c[c-]c(N4[CH-]N(c5ccccc5)C(C)=C4C)cc3)cc(-c3ccccc3-c3c[c-]c(-c4ccc(C)cn4)cc3-c3ccc(-c4ccc(-c5ccccc5)cc4)cc3)c2)cc1.[Ir]. The van der Waals surface area contributed by atoms with Crippen molar-refractivity contribution in [2.24, 2.45) is 0 Å². The van der Waals surface area contributed by atoms with Gasteiger partial charge in [-0.05, 0) is 133 Å². The number of hydrogen-bond acceptors (Lipinski definition) is 5. The largest absolute Gasteiger partial charge is 0.497 e. The molecule has 0 amide bonds. The van der Waals surface area contributed by atoms with E-state index in [1.54, 1.807) is 0 Å². The monoisotopic (exact) mass is 1290 g/mol. The molecule has 5 nitrogen and oxygen atoms in total. The zero-order valence-corrected chi connectivity index (χ0v) is 51.6. The molecule has 11 aromatic rings. The minimum atomic E-state index is 0. The van der Waals surface area contributed by atoms with Crippen molar-refractivity contribution in [3.05, 3.63) is 331 Å². The van der Waals surface area contributed by atoms with Crippen molar-refractivity contribution in [3.63, 3.8) is 0 Å². The van der Waals surface area contributed by atoms with Crippen LogP contribution in [0.1, 0.15) is 55.5 Å². The molecule has 1 radical (unpaired) electrons. The van der Waals surface area contributed by atoms with Crippen LogP contribution in [0.3, 0.4) is 0 Å². The van der Waals surface area contributed by atoms with Crippen LogP contribution in [0.4, 0.5) is 22.7 Å². The van der Waals surface area contributed by atoms with E-state index >= 15 is 0 Å². The van der Waals surface area contributed by atoms with E-state index in [9.17, 15) is 0 Å². The fourth-order valence-electron chi connectivity index (χ4n) is 11.8. The molecule has 425 valence electrons. The summed E-state index contributed by atoms with van der Waals surface area (Å²) in [6, 6.07) is 98.8. The van der Waals surface area contributed by atoms with Crippen molar-refractivity contribution in [2.75, 3.05) is 19.6 Å². The van der Waals surface area contributed by atoms with Crippen LogP contribution in [0.15, 0.2) is 272 Å². The molecule has 2 aliphatic rings. The maximum Gasteiger partial charge on any atom is 0.0190 e. The molecule has 1 aromatic heterocycles. The van der Waals surface area contributed by atoms with Gasteiger partial charge in [0.25, 0.3) is 0 Å². The molecule has 6 heteroatoms. The second kappa shape index (κ2) is 25.5. The second-order valence-corrected chi connectivity index (χ2v) is 22.4. The van der Waals surface area contributed by atoms with Gasteiger partial charge in [0.15, 0.2) is 0 Å². The number of rotatable bonds is 16. The quantitative estimate of drug-likeness (QED) is 0.0898. The summed E-state index contributed by atoms with van der Waals surface area (Å²) >= 11 is 0. The molecule has 0 saturated heterocycles. The van der Waals surface area contributed by atoms with Gasteiger partial charge in [-0.1, -0.05) is 199 Å². The third kappa shape index (κ3) is 12.1. The molecule has 0 atom stereocenters. The minimum Gasteiger partial charge on any atom is -0.497 e. The average Bonchev–Trinajstić information content (AvgIpc) is 3.14. The van der Waals surface area contributed by atoms with Gasteiger partial charge in [0.05, 0.1) is 0 Å². The van der Waals surface area contributed by atoms with Gasteiger partial charge in [-0.25, -0.2) is 0 Å². The fourth-order valence-corrected chi connectivity index (χ4v) is 11.8. The summed E-state index contributed by atoms with van der Waals surface area (Å²) in [5, 5.41) is 0. The molecule has 0 N–H and O–H groups in total. The standard InChI is InChI=1S/C80H66N5.Ir/c1-56-25-48-80(81-53-56)70-42-47-78(79(52-70)69-40-38-68(39-41-69)67-36-34-66(35-37-67)65-17-9-6-10-18-65)77-24-16-15-23-76(77)71-50-63(28-26-61-30-43-74(44-31-61)84-54-82(57(2)59(84)4)72-19-11-7-12-20-72)49-64(51-71)29-27-62-32-45-75(46-33-62)85-55-83(58(3)60(85)5)73-21-13-8-14-22-73;/h6-25,30-41,43,45,47-55H,26-29H2,1-5H3;/q-5;. The number of aryl methyl sites for hydroxylation is 5. The van der Waals surface area contributed by atoms with Crippen LogP contribution in [0.2, 0.25) is 0 Å². The number of para-hydroxylation sites is 2. The van der Waals surface area contributed by atoms with Gasteiger partial charge >= 0.3 is 0 Å². The van der Waals surface area contributed by atoms with Gasteiger partial charge in [-0.15, -0.1) is 60.6 Å². The van der Waals surface area contributed by atoms with E-state index in [1.807, 2.05) is 6.20 Å². The van der Waals surface area contributed by atoms with Gasteiger partial charge in [0.1, 0.15) is 0 Å². The van der Waals surface area contributed by atoms with Crippen molar-refractivity contribution < 1.29 is 20.1 Å². The summed E-state index contributed by atoms with van der Waals surface area (Å²) in [7, 11) is 0. The Hall–Kier alpha value is -9.32. The Bertz CT molecular complexity index is 4050. The summed E-state index contributed by atoms with van der Waals surface area (Å²) in [6.07, 6.45) is 5.47. The van der Waals surface area contributed by atoms with Crippen molar-refractivity contribution in [1.82, 2.24) is 4.98 Å². The minimum absolute atomic E-state index is 0. The smallest absolute Gasteiger partial charge is 0.0190 e. The average molecular weight is 1290 g/mol. The molecule has 3 heterocycles. The number of pyridine rings is 1. The first-order valence-electron chi connectivity index (χ1n) is 29.5. The van der Waals surface area contributed by atoms with E-state index in [1.165, 1.54) is 78.4 Å². The van der Waals surface area contributed by atoms with Gasteiger partial charge in [-0.2, -0.15) is 47.5 Å². The topological polar surface area (TPSA) is 25.9 Å². The summed E-state index contributed by atoms with van der Waals surface area (Å²) in [6.45, 7) is 15.1. The van der Waals surface area contributed by atoms with Crippen LogP contribution < -0.4 is 19.6 Å². The molecule has 0 spiro atoms. The van der Waals surface area contributed by atoms with Gasteiger partial charge in [0, 0.05) is 60.5 Å². The molecular weight excluding hydrogens is 1220 g/mol. The Morgan fingerprint density at radius 2 is 0.779 bits per heavy atom. The van der Waals surface area contributed by atoms with E-state index in [2.05, 4.69) is 328 Å². The number of nitrogens with zero attached hydrogens (tertiary/aromatic N) is 5. The number of aromatic nitrogens is 1. The van der Waals surface area contributed by atoms with E-state index in [4.69, 9.17) is 4.98 Å². The fraction of sp³-hybridized carbons (Fsp3) is 0.113. The van der Waals surface area contributed by atoms with E-state index < -0.39 is 0 Å². The van der Waals surface area contributed by atoms with E-state index in [0.717, 1.165) is 87.5 Å². The normalized spacial score (nSPS) is 13.2. The van der Waals surface area contributed by atoms with Crippen LogP contribution in [0, 0.1) is 38.5 Å². The molecule has 2 aliphatic heterocycles. The molecular formula is C80H66IrN5-5. The zero-order chi connectivity index (χ0) is 57.8. The number of anilines is 4. The second-order valence-electron chi connectivity index (χ2n) is 22.4. The summed E-state index contributed by atoms with van der Waals surface area (Å²) in [5.41, 5.74) is 29.0. The third-order valence-corrected chi connectivity index (χ3v) is 16.9. The van der Waals surface area contributed by atoms with Crippen LogP contribution in [0.5, 0.6) is 0 Å². The van der Waals surface area contributed by atoms with Crippen molar-refractivity contribution in [1.29, 1.82) is 0 Å². The molecule has 13 rings (SSSR count). The summed E-state index contributed by atoms with van der Waals surface area (Å²) in [4.78, 5) is 13.8. The number of benzene rings is 10. The van der Waals surface area contributed by atoms with E-state index in [-0.39, 0.29) is 20.1 Å². The Kier molecular flexibility index (Phi) is 16.9. The number of hydrogen-bond donors (Lipinski definition) is 0. The number of allylic oxidation sites excluding steroid dienone is 4. The maximum atomic E-state index is 4.86. The van der Waals surface area contributed by atoms with Crippen molar-refractivity contribution in [2.45, 2.75) is 60.3 Å². The van der Waals surface area contributed by atoms with Crippen LogP contribution in [0.25, 0.3) is 66.9 Å². The van der Waals surface area contributed by atoms with E-state index in [0.29, 0.717) is 0 Å². The van der Waals surface area contributed by atoms with Gasteiger partial charge in [0.2, 0.25) is 0 Å². The molecule has 0 fully saturated rings. The summed E-state index contributed by atoms with van der Waals surface area (Å²) < 4.78 is 0. The molecule has 0 saturated carbocycles. The Labute approximate surface area is 522 Å².